The molecule has 1 atom stereocenters. The Hall–Kier alpha value is -2.34. The average molecular weight is 396 g/mol. The number of nitrogens with zero attached hydrogens (tertiary/aromatic N) is 2. The van der Waals surface area contributed by atoms with E-state index >= 15 is 0 Å². The molecule has 5 nitrogen and oxygen atoms in total. The summed E-state index contributed by atoms with van der Waals surface area (Å²) in [6.45, 7) is 3.89. The van der Waals surface area contributed by atoms with Crippen LogP contribution >= 0.6 is 11.8 Å². The molecule has 1 N–H and O–H groups in total. The van der Waals surface area contributed by atoms with Crippen molar-refractivity contribution in [3.8, 4) is 0 Å². The molecule has 0 radical (unpaired) electrons. The van der Waals surface area contributed by atoms with E-state index in [9.17, 15) is 9.59 Å². The third kappa shape index (κ3) is 3.92. The zero-order chi connectivity index (χ0) is 19.7. The van der Waals surface area contributed by atoms with Crippen molar-refractivity contribution >= 4 is 29.3 Å². The number of nitrogens with one attached hydrogen (secondary N) is 1. The first-order chi connectivity index (χ1) is 13.5. The quantitative estimate of drug-likeness (QED) is 0.831. The molecule has 0 saturated heterocycles. The van der Waals surface area contributed by atoms with E-state index in [2.05, 4.69) is 5.32 Å². The number of pyridine rings is 1. The first kappa shape index (κ1) is 19.0. The van der Waals surface area contributed by atoms with Crippen molar-refractivity contribution in [2.24, 2.45) is 4.99 Å². The van der Waals surface area contributed by atoms with Crippen LogP contribution in [-0.4, -0.2) is 27.7 Å². The van der Waals surface area contributed by atoms with Crippen molar-refractivity contribution in [2.45, 2.75) is 62.1 Å². The number of carbonyl (C=O) groups excluding carboxylic acids is 2. The maximum absolute atomic E-state index is 13.2. The highest BCUT2D eigenvalue weighted by Crippen LogP contribution is 2.36. The van der Waals surface area contributed by atoms with Gasteiger partial charge >= 0.3 is 0 Å². The van der Waals surface area contributed by atoms with E-state index in [1.807, 2.05) is 38.1 Å². The zero-order valence-electron chi connectivity index (χ0n) is 16.3. The zero-order valence-corrected chi connectivity index (χ0v) is 17.1. The molecule has 1 aliphatic carbocycles. The molecule has 6 heteroatoms. The summed E-state index contributed by atoms with van der Waals surface area (Å²) >= 11 is 1.52. The van der Waals surface area contributed by atoms with E-state index in [1.165, 1.54) is 31.0 Å². The second-order valence-corrected chi connectivity index (χ2v) is 9.00. The van der Waals surface area contributed by atoms with Gasteiger partial charge in [-0.1, -0.05) is 19.3 Å². The lowest BCUT2D eigenvalue weighted by Gasteiger charge is -2.22. The van der Waals surface area contributed by atoms with Crippen molar-refractivity contribution < 1.29 is 9.59 Å². The van der Waals surface area contributed by atoms with Gasteiger partial charge in [0.1, 0.15) is 5.49 Å². The van der Waals surface area contributed by atoms with E-state index in [-0.39, 0.29) is 23.1 Å². The van der Waals surface area contributed by atoms with Gasteiger partial charge in [0.15, 0.2) is 0 Å². The number of hydrogen-bond acceptors (Lipinski definition) is 4. The molecule has 2 heterocycles. The highest BCUT2D eigenvalue weighted by molar-refractivity contribution is 8.00. The lowest BCUT2D eigenvalue weighted by Crippen LogP contribution is -2.30. The van der Waals surface area contributed by atoms with E-state index in [0.29, 0.717) is 16.7 Å². The summed E-state index contributed by atoms with van der Waals surface area (Å²) < 4.78 is 1.63. The molecule has 2 aliphatic rings. The SMILES string of the molecule is Cc1ccn(C(=O)c2ccc3c(c2)NC(=O)[C@@H](C)S3)c(=NC2CCCCC2)c1. The van der Waals surface area contributed by atoms with Gasteiger partial charge in [-0.25, -0.2) is 0 Å². The van der Waals surface area contributed by atoms with Crippen LogP contribution in [0.5, 0.6) is 0 Å². The van der Waals surface area contributed by atoms with Crippen molar-refractivity contribution in [1.82, 2.24) is 4.57 Å². The van der Waals surface area contributed by atoms with E-state index in [0.717, 1.165) is 23.3 Å². The number of fused-ring (bicyclic) bond motifs is 1. The molecular weight excluding hydrogens is 370 g/mol. The number of aryl methyl sites for hydroxylation is 1. The molecule has 1 amide bonds. The van der Waals surface area contributed by atoms with Crippen LogP contribution in [0.1, 0.15) is 54.9 Å². The number of carbonyl (C=O) groups is 2. The lowest BCUT2D eigenvalue weighted by molar-refractivity contribution is -0.115. The molecule has 4 rings (SSSR count). The molecule has 1 saturated carbocycles. The Morgan fingerprint density at radius 1 is 1.18 bits per heavy atom. The van der Waals surface area contributed by atoms with Crippen LogP contribution in [0.25, 0.3) is 0 Å². The maximum atomic E-state index is 13.2. The van der Waals surface area contributed by atoms with Gasteiger partial charge in [-0.05, 0) is 62.6 Å². The van der Waals surface area contributed by atoms with E-state index in [1.54, 1.807) is 16.8 Å². The third-order valence-corrected chi connectivity index (χ3v) is 6.53. The Labute approximate surface area is 169 Å². The molecule has 146 valence electrons. The smallest absolute Gasteiger partial charge is 0.263 e. The first-order valence-electron chi connectivity index (χ1n) is 9.91. The summed E-state index contributed by atoms with van der Waals surface area (Å²) in [7, 11) is 0. The highest BCUT2D eigenvalue weighted by atomic mass is 32.2. The van der Waals surface area contributed by atoms with Crippen LogP contribution in [0.4, 0.5) is 5.69 Å². The lowest BCUT2D eigenvalue weighted by atomic mass is 9.96. The molecule has 1 aromatic heterocycles. The predicted molar refractivity (Wildman–Crippen MR) is 112 cm³/mol. The van der Waals surface area contributed by atoms with Gasteiger partial charge in [-0.15, -0.1) is 11.8 Å². The Balaban J connectivity index is 1.70. The van der Waals surface area contributed by atoms with Crippen LogP contribution in [0.15, 0.2) is 46.4 Å². The standard InChI is InChI=1S/C22H25N3O2S/c1-14-10-11-25(20(12-14)23-17-6-4-3-5-7-17)22(27)16-8-9-19-18(13-16)24-21(26)15(2)28-19/h8-13,15,17H,3-7H2,1-2H3,(H,24,26)/t15-/m1/s1. The predicted octanol–water partition coefficient (Wildman–Crippen LogP) is 4.15. The van der Waals surface area contributed by atoms with Crippen molar-refractivity contribution in [2.75, 3.05) is 5.32 Å². The monoisotopic (exact) mass is 395 g/mol. The molecule has 1 aromatic carbocycles. The molecule has 28 heavy (non-hydrogen) atoms. The summed E-state index contributed by atoms with van der Waals surface area (Å²) in [6.07, 6.45) is 7.65. The van der Waals surface area contributed by atoms with Gasteiger partial charge in [0.2, 0.25) is 5.91 Å². The Morgan fingerprint density at radius 2 is 1.96 bits per heavy atom. The Morgan fingerprint density at radius 3 is 2.75 bits per heavy atom. The van der Waals surface area contributed by atoms with Gasteiger partial charge < -0.3 is 5.32 Å². The van der Waals surface area contributed by atoms with Gasteiger partial charge in [0.25, 0.3) is 5.91 Å². The van der Waals surface area contributed by atoms with Crippen LogP contribution in [-0.2, 0) is 4.79 Å². The third-order valence-electron chi connectivity index (χ3n) is 5.36. The van der Waals surface area contributed by atoms with E-state index < -0.39 is 0 Å². The molecule has 0 spiro atoms. The molecule has 0 bridgehead atoms. The summed E-state index contributed by atoms with van der Waals surface area (Å²) in [5.74, 6) is -0.159. The molecular formula is C22H25N3O2S. The number of thioether (sulfide) groups is 1. The minimum Gasteiger partial charge on any atom is -0.324 e. The average Bonchev–Trinajstić information content (AvgIpc) is 2.69. The fourth-order valence-corrected chi connectivity index (χ4v) is 4.67. The molecule has 0 unspecified atom stereocenters. The van der Waals surface area contributed by atoms with Gasteiger partial charge in [-0.2, -0.15) is 0 Å². The minimum absolute atomic E-state index is 0.0296. The Bertz CT molecular complexity index is 990. The topological polar surface area (TPSA) is 63.5 Å². The van der Waals surface area contributed by atoms with Crippen molar-refractivity contribution in [3.05, 3.63) is 53.1 Å². The van der Waals surface area contributed by atoms with Gasteiger partial charge in [-0.3, -0.25) is 19.1 Å². The highest BCUT2D eigenvalue weighted by Gasteiger charge is 2.24. The van der Waals surface area contributed by atoms with Gasteiger partial charge in [0.05, 0.1) is 17.0 Å². The summed E-state index contributed by atoms with van der Waals surface area (Å²) in [4.78, 5) is 31.1. The fraction of sp³-hybridized carbons (Fsp3) is 0.409. The molecule has 2 aromatic rings. The first-order valence-corrected chi connectivity index (χ1v) is 10.8. The second-order valence-electron chi connectivity index (χ2n) is 7.62. The number of hydrogen-bond donors (Lipinski definition) is 1. The number of rotatable bonds is 2. The van der Waals surface area contributed by atoms with Crippen LogP contribution in [0, 0.1) is 6.92 Å². The molecule has 1 aliphatic heterocycles. The minimum atomic E-state index is -0.129. The summed E-state index contributed by atoms with van der Waals surface area (Å²) in [5, 5.41) is 2.78. The summed E-state index contributed by atoms with van der Waals surface area (Å²) in [5.41, 5.74) is 3.05. The summed E-state index contributed by atoms with van der Waals surface area (Å²) in [6, 6.07) is 9.70. The maximum Gasteiger partial charge on any atom is 0.263 e. The number of aromatic nitrogens is 1. The number of benzene rings is 1. The van der Waals surface area contributed by atoms with Crippen LogP contribution in [0.2, 0.25) is 0 Å². The second kappa shape index (κ2) is 7.95. The van der Waals surface area contributed by atoms with Gasteiger partial charge in [0, 0.05) is 16.7 Å². The number of anilines is 1. The van der Waals surface area contributed by atoms with Crippen LogP contribution < -0.4 is 10.8 Å². The van der Waals surface area contributed by atoms with Crippen molar-refractivity contribution in [1.29, 1.82) is 0 Å². The van der Waals surface area contributed by atoms with Crippen molar-refractivity contribution in [3.63, 3.8) is 0 Å². The number of amides is 1. The molecule has 1 fully saturated rings. The Kier molecular flexibility index (Phi) is 5.40. The van der Waals surface area contributed by atoms with Crippen LogP contribution in [0.3, 0.4) is 0 Å². The van der Waals surface area contributed by atoms with E-state index in [4.69, 9.17) is 4.99 Å². The fourth-order valence-electron chi connectivity index (χ4n) is 3.74. The normalized spacial score (nSPS) is 20.6. The largest absolute Gasteiger partial charge is 0.324 e.